The Hall–Kier alpha value is -3.84. The van der Waals surface area contributed by atoms with Gasteiger partial charge in [0.2, 0.25) is 0 Å². The van der Waals surface area contributed by atoms with Crippen LogP contribution < -0.4 is 14.4 Å². The number of para-hydroxylation sites is 1. The van der Waals surface area contributed by atoms with Crippen molar-refractivity contribution in [2.24, 2.45) is 0 Å². The van der Waals surface area contributed by atoms with Crippen LogP contribution in [0.5, 0.6) is 5.75 Å². The van der Waals surface area contributed by atoms with Crippen molar-refractivity contribution in [3.8, 4) is 5.75 Å². The van der Waals surface area contributed by atoms with E-state index in [0.29, 0.717) is 5.69 Å². The molecule has 1 amide bonds. The van der Waals surface area contributed by atoms with Crippen molar-refractivity contribution in [3.05, 3.63) is 102 Å². The van der Waals surface area contributed by atoms with Gasteiger partial charge in [0.05, 0.1) is 22.7 Å². The zero-order valence-corrected chi connectivity index (χ0v) is 19.9. The number of nitrogens with zero attached hydrogens (tertiary/aromatic N) is 1. The maximum Gasteiger partial charge on any atom is 0.264 e. The second-order valence-corrected chi connectivity index (χ2v) is 9.85. The van der Waals surface area contributed by atoms with Crippen molar-refractivity contribution in [2.75, 3.05) is 24.5 Å². The number of ether oxygens (including phenoxy) is 1. The number of aryl methyl sites for hydroxylation is 1. The molecule has 0 fully saturated rings. The van der Waals surface area contributed by atoms with Gasteiger partial charge in [0.25, 0.3) is 15.9 Å². The SMILES string of the molecule is Cc1ccc(S(=O)(=O)N(C)c2ccccc2C(=O)NCCOc2cccc3ccccc23)cc1. The molecule has 4 aromatic rings. The summed E-state index contributed by atoms with van der Waals surface area (Å²) in [6.07, 6.45) is 0. The highest BCUT2D eigenvalue weighted by Gasteiger charge is 2.24. The van der Waals surface area contributed by atoms with Gasteiger partial charge < -0.3 is 10.1 Å². The third kappa shape index (κ3) is 4.89. The molecule has 34 heavy (non-hydrogen) atoms. The maximum atomic E-state index is 13.1. The molecule has 174 valence electrons. The number of amides is 1. The molecular formula is C27H26N2O4S. The summed E-state index contributed by atoms with van der Waals surface area (Å²) < 4.78 is 33.3. The Morgan fingerprint density at radius 1 is 0.882 bits per heavy atom. The first-order chi connectivity index (χ1) is 16.4. The number of sulfonamides is 1. The molecule has 0 unspecified atom stereocenters. The molecule has 0 heterocycles. The summed E-state index contributed by atoms with van der Waals surface area (Å²) in [7, 11) is -2.37. The number of benzene rings is 4. The second-order valence-electron chi connectivity index (χ2n) is 7.88. The highest BCUT2D eigenvalue weighted by molar-refractivity contribution is 7.92. The maximum absolute atomic E-state index is 13.1. The average molecular weight is 475 g/mol. The summed E-state index contributed by atoms with van der Waals surface area (Å²) >= 11 is 0. The molecule has 0 aliphatic carbocycles. The predicted octanol–water partition coefficient (Wildman–Crippen LogP) is 4.78. The second kappa shape index (κ2) is 9.97. The molecular weight excluding hydrogens is 448 g/mol. The van der Waals surface area contributed by atoms with Crippen LogP contribution in [-0.2, 0) is 10.0 Å². The minimum absolute atomic E-state index is 0.166. The molecule has 1 N–H and O–H groups in total. The normalized spacial score (nSPS) is 11.2. The minimum atomic E-state index is -3.82. The molecule has 0 spiro atoms. The number of fused-ring (bicyclic) bond motifs is 1. The van der Waals surface area contributed by atoms with Crippen LogP contribution in [0, 0.1) is 6.92 Å². The summed E-state index contributed by atoms with van der Waals surface area (Å²) in [6, 6.07) is 27.0. The van der Waals surface area contributed by atoms with E-state index >= 15 is 0 Å². The van der Waals surface area contributed by atoms with Crippen molar-refractivity contribution in [3.63, 3.8) is 0 Å². The van der Waals surface area contributed by atoms with Crippen LogP contribution in [0.3, 0.4) is 0 Å². The van der Waals surface area contributed by atoms with Crippen LogP contribution in [0.25, 0.3) is 10.8 Å². The first kappa shape index (κ1) is 23.3. The monoisotopic (exact) mass is 474 g/mol. The van der Waals surface area contributed by atoms with Crippen LogP contribution in [0.15, 0.2) is 95.9 Å². The molecule has 6 nitrogen and oxygen atoms in total. The largest absolute Gasteiger partial charge is 0.491 e. The highest BCUT2D eigenvalue weighted by Crippen LogP contribution is 2.26. The zero-order chi connectivity index (χ0) is 24.1. The number of hydrogen-bond donors (Lipinski definition) is 1. The van der Waals surface area contributed by atoms with Gasteiger partial charge in [-0.25, -0.2) is 8.42 Å². The lowest BCUT2D eigenvalue weighted by Gasteiger charge is -2.22. The van der Waals surface area contributed by atoms with Crippen molar-refractivity contribution < 1.29 is 17.9 Å². The molecule has 0 bridgehead atoms. The van der Waals surface area contributed by atoms with Crippen LogP contribution in [-0.4, -0.2) is 34.5 Å². The number of hydrogen-bond acceptors (Lipinski definition) is 4. The Bertz CT molecular complexity index is 1410. The van der Waals surface area contributed by atoms with E-state index in [9.17, 15) is 13.2 Å². The highest BCUT2D eigenvalue weighted by atomic mass is 32.2. The van der Waals surface area contributed by atoms with Gasteiger partial charge in [-0.15, -0.1) is 0 Å². The van der Waals surface area contributed by atoms with Gasteiger partial charge in [-0.2, -0.15) is 0 Å². The van der Waals surface area contributed by atoms with Crippen molar-refractivity contribution in [1.82, 2.24) is 5.32 Å². The first-order valence-electron chi connectivity index (χ1n) is 10.9. The Morgan fingerprint density at radius 2 is 1.56 bits per heavy atom. The van der Waals surface area contributed by atoms with Crippen LogP contribution in [0.1, 0.15) is 15.9 Å². The van der Waals surface area contributed by atoms with E-state index in [1.807, 2.05) is 49.4 Å². The Morgan fingerprint density at radius 3 is 2.35 bits per heavy atom. The van der Waals surface area contributed by atoms with E-state index in [-0.39, 0.29) is 29.5 Å². The van der Waals surface area contributed by atoms with E-state index in [0.717, 1.165) is 26.4 Å². The standard InChI is InChI=1S/C27H26N2O4S/c1-20-14-16-22(17-15-20)34(31,32)29(2)25-12-6-5-11-24(25)27(30)28-18-19-33-26-13-7-9-21-8-3-4-10-23(21)26/h3-17H,18-19H2,1-2H3,(H,28,30). The molecule has 4 aromatic carbocycles. The smallest absolute Gasteiger partial charge is 0.264 e. The molecule has 0 saturated heterocycles. The van der Waals surface area contributed by atoms with Gasteiger partial charge in [0.15, 0.2) is 0 Å². The fourth-order valence-electron chi connectivity index (χ4n) is 3.68. The quantitative estimate of drug-likeness (QED) is 0.373. The van der Waals surface area contributed by atoms with E-state index in [1.165, 1.54) is 7.05 Å². The number of anilines is 1. The Balaban J connectivity index is 1.44. The van der Waals surface area contributed by atoms with E-state index in [2.05, 4.69) is 5.32 Å². The molecule has 7 heteroatoms. The molecule has 0 aliphatic rings. The molecule has 0 atom stereocenters. The zero-order valence-electron chi connectivity index (χ0n) is 19.1. The minimum Gasteiger partial charge on any atom is -0.491 e. The third-order valence-electron chi connectivity index (χ3n) is 5.56. The molecule has 0 aliphatic heterocycles. The summed E-state index contributed by atoms with van der Waals surface area (Å²) in [6.45, 7) is 2.44. The van der Waals surface area contributed by atoms with E-state index < -0.39 is 10.0 Å². The Labute approximate surface area is 199 Å². The molecule has 0 radical (unpaired) electrons. The van der Waals surface area contributed by atoms with E-state index in [4.69, 9.17) is 4.74 Å². The van der Waals surface area contributed by atoms with Crippen molar-refractivity contribution in [2.45, 2.75) is 11.8 Å². The van der Waals surface area contributed by atoms with Crippen LogP contribution in [0.4, 0.5) is 5.69 Å². The molecule has 4 rings (SSSR count). The number of carbonyl (C=O) groups excluding carboxylic acids is 1. The molecule has 0 aromatic heterocycles. The fraction of sp³-hybridized carbons (Fsp3) is 0.148. The Kier molecular flexibility index (Phi) is 6.84. The van der Waals surface area contributed by atoms with Gasteiger partial charge >= 0.3 is 0 Å². The topological polar surface area (TPSA) is 75.7 Å². The number of nitrogens with one attached hydrogen (secondary N) is 1. The summed E-state index contributed by atoms with van der Waals surface area (Å²) in [5.74, 6) is 0.375. The third-order valence-corrected chi connectivity index (χ3v) is 7.35. The van der Waals surface area contributed by atoms with Crippen LogP contribution in [0.2, 0.25) is 0 Å². The van der Waals surface area contributed by atoms with Crippen LogP contribution >= 0.6 is 0 Å². The fourth-order valence-corrected chi connectivity index (χ4v) is 4.89. The predicted molar refractivity (Wildman–Crippen MR) is 135 cm³/mol. The summed E-state index contributed by atoms with van der Waals surface area (Å²) in [5.41, 5.74) is 1.54. The van der Waals surface area contributed by atoms with Gasteiger partial charge in [-0.05, 0) is 42.6 Å². The lowest BCUT2D eigenvalue weighted by Crippen LogP contribution is -2.32. The number of rotatable bonds is 8. The summed E-state index contributed by atoms with van der Waals surface area (Å²) in [4.78, 5) is 13.1. The van der Waals surface area contributed by atoms with Crippen molar-refractivity contribution in [1.29, 1.82) is 0 Å². The van der Waals surface area contributed by atoms with E-state index in [1.54, 1.807) is 48.5 Å². The van der Waals surface area contributed by atoms with Crippen molar-refractivity contribution >= 4 is 32.4 Å². The lowest BCUT2D eigenvalue weighted by molar-refractivity contribution is 0.0948. The van der Waals surface area contributed by atoms with Gasteiger partial charge in [0, 0.05) is 12.4 Å². The lowest BCUT2D eigenvalue weighted by atomic mass is 10.1. The molecule has 0 saturated carbocycles. The summed E-state index contributed by atoms with van der Waals surface area (Å²) in [5, 5.41) is 4.91. The van der Waals surface area contributed by atoms with Gasteiger partial charge in [0.1, 0.15) is 12.4 Å². The van der Waals surface area contributed by atoms with Gasteiger partial charge in [-0.1, -0.05) is 66.2 Å². The number of carbonyl (C=O) groups is 1. The van der Waals surface area contributed by atoms with Gasteiger partial charge in [-0.3, -0.25) is 9.10 Å². The first-order valence-corrected chi connectivity index (χ1v) is 12.4. The average Bonchev–Trinajstić information content (AvgIpc) is 2.86.